The molecule has 0 unspecified atom stereocenters. The summed E-state index contributed by atoms with van der Waals surface area (Å²) in [7, 11) is -3.61. The molecule has 0 radical (unpaired) electrons. The minimum absolute atomic E-state index is 0.0254. The second-order valence-corrected chi connectivity index (χ2v) is 5.26. The Morgan fingerprint density at radius 2 is 2.00 bits per heavy atom. The molecule has 0 fully saturated rings. The summed E-state index contributed by atoms with van der Waals surface area (Å²) >= 11 is 0. The molecule has 0 aliphatic heterocycles. The van der Waals surface area contributed by atoms with Crippen LogP contribution in [0, 0.1) is 13.8 Å². The molecule has 2 rings (SSSR count). The van der Waals surface area contributed by atoms with E-state index in [1.807, 2.05) is 6.92 Å². The summed E-state index contributed by atoms with van der Waals surface area (Å²) < 4.78 is 26.2. The van der Waals surface area contributed by atoms with Gasteiger partial charge in [0.25, 0.3) is 10.0 Å². The average Bonchev–Trinajstić information content (AvgIpc) is 2.76. The van der Waals surface area contributed by atoms with Crippen molar-refractivity contribution in [1.29, 1.82) is 0 Å². The highest BCUT2D eigenvalue weighted by molar-refractivity contribution is 7.92. The lowest BCUT2D eigenvalue weighted by molar-refractivity contribution is 0.597. The van der Waals surface area contributed by atoms with E-state index in [2.05, 4.69) is 19.9 Å². The van der Waals surface area contributed by atoms with Crippen LogP contribution >= 0.6 is 0 Å². The third-order valence-corrected chi connectivity index (χ3v) is 3.53. The van der Waals surface area contributed by atoms with Gasteiger partial charge < -0.3 is 0 Å². The first-order valence-corrected chi connectivity index (χ1v) is 6.44. The van der Waals surface area contributed by atoms with Crippen LogP contribution in [0.5, 0.6) is 0 Å². The first-order chi connectivity index (χ1) is 7.99. The molecule has 2 aromatic heterocycles. The smallest absolute Gasteiger partial charge is 0.277 e. The Bertz CT molecular complexity index is 620. The number of aromatic amines is 1. The van der Waals surface area contributed by atoms with Crippen LogP contribution < -0.4 is 4.72 Å². The number of hydrogen-bond donors (Lipinski definition) is 2. The van der Waals surface area contributed by atoms with Crippen LogP contribution in [0.15, 0.2) is 29.4 Å². The quantitative estimate of drug-likeness (QED) is 0.859. The number of aromatic nitrogens is 3. The SMILES string of the molecule is Cc1ccc(NS(=O)(=O)c2ccn[nH]2)c(C)n1. The van der Waals surface area contributed by atoms with Crippen molar-refractivity contribution in [1.82, 2.24) is 15.2 Å². The molecule has 0 amide bonds. The largest absolute Gasteiger partial charge is 0.278 e. The Labute approximate surface area is 99.1 Å². The zero-order valence-electron chi connectivity index (χ0n) is 9.43. The van der Waals surface area contributed by atoms with Gasteiger partial charge in [-0.05, 0) is 32.0 Å². The van der Waals surface area contributed by atoms with Gasteiger partial charge in [-0.3, -0.25) is 14.8 Å². The number of H-pyrrole nitrogens is 1. The Morgan fingerprint density at radius 3 is 2.59 bits per heavy atom. The van der Waals surface area contributed by atoms with Crippen LogP contribution in [-0.4, -0.2) is 23.6 Å². The van der Waals surface area contributed by atoms with Gasteiger partial charge in [-0.25, -0.2) is 0 Å². The zero-order chi connectivity index (χ0) is 12.5. The predicted molar refractivity (Wildman–Crippen MR) is 63.1 cm³/mol. The number of nitrogens with one attached hydrogen (secondary N) is 2. The van der Waals surface area contributed by atoms with Gasteiger partial charge in [-0.15, -0.1) is 0 Å². The summed E-state index contributed by atoms with van der Waals surface area (Å²) in [4.78, 5) is 4.19. The van der Waals surface area contributed by atoms with Crippen molar-refractivity contribution in [3.63, 3.8) is 0 Å². The van der Waals surface area contributed by atoms with Gasteiger partial charge in [-0.2, -0.15) is 13.5 Å². The van der Waals surface area contributed by atoms with Gasteiger partial charge >= 0.3 is 0 Å². The lowest BCUT2D eigenvalue weighted by atomic mass is 10.3. The standard InChI is InChI=1S/C10H12N4O2S/c1-7-3-4-9(8(2)12-7)14-17(15,16)10-5-6-11-13-10/h3-6,14H,1-2H3,(H,11,13). The number of rotatable bonds is 3. The Morgan fingerprint density at radius 1 is 1.24 bits per heavy atom. The number of nitrogens with zero attached hydrogens (tertiary/aromatic N) is 2. The third-order valence-electron chi connectivity index (χ3n) is 2.23. The van der Waals surface area contributed by atoms with Crippen LogP contribution in [-0.2, 0) is 10.0 Å². The number of aryl methyl sites for hydroxylation is 2. The van der Waals surface area contributed by atoms with E-state index in [0.717, 1.165) is 5.69 Å². The molecule has 90 valence electrons. The van der Waals surface area contributed by atoms with E-state index in [9.17, 15) is 8.42 Å². The van der Waals surface area contributed by atoms with Crippen molar-refractivity contribution in [2.75, 3.05) is 4.72 Å². The fraction of sp³-hybridized carbons (Fsp3) is 0.200. The summed E-state index contributed by atoms with van der Waals surface area (Å²) in [6.45, 7) is 3.60. The van der Waals surface area contributed by atoms with E-state index in [4.69, 9.17) is 0 Å². The van der Waals surface area contributed by atoms with Gasteiger partial charge in [0.15, 0.2) is 5.03 Å². The first kappa shape index (κ1) is 11.6. The molecule has 17 heavy (non-hydrogen) atoms. The van der Waals surface area contributed by atoms with Gasteiger partial charge in [0.05, 0.1) is 17.6 Å². The number of anilines is 1. The molecular formula is C10H12N4O2S. The average molecular weight is 252 g/mol. The van der Waals surface area contributed by atoms with Crippen LogP contribution in [0.2, 0.25) is 0 Å². The highest BCUT2D eigenvalue weighted by Crippen LogP contribution is 2.17. The second-order valence-electron chi connectivity index (χ2n) is 3.61. The van der Waals surface area contributed by atoms with E-state index in [-0.39, 0.29) is 5.03 Å². The predicted octanol–water partition coefficient (Wildman–Crippen LogP) is 1.22. The maximum atomic E-state index is 11.9. The van der Waals surface area contributed by atoms with Crippen LogP contribution in [0.25, 0.3) is 0 Å². The summed E-state index contributed by atoms with van der Waals surface area (Å²) in [5.41, 5.74) is 1.94. The van der Waals surface area contributed by atoms with Crippen LogP contribution in [0.4, 0.5) is 5.69 Å². The van der Waals surface area contributed by atoms with Crippen LogP contribution in [0.3, 0.4) is 0 Å². The molecule has 2 aromatic rings. The Balaban J connectivity index is 2.33. The van der Waals surface area contributed by atoms with Gasteiger partial charge in [0, 0.05) is 5.69 Å². The molecule has 7 heteroatoms. The minimum Gasteiger partial charge on any atom is -0.277 e. The van der Waals surface area contributed by atoms with E-state index >= 15 is 0 Å². The normalized spacial score (nSPS) is 11.4. The maximum Gasteiger partial charge on any atom is 0.278 e. The third kappa shape index (κ3) is 2.44. The van der Waals surface area contributed by atoms with Crippen molar-refractivity contribution < 1.29 is 8.42 Å². The molecule has 0 atom stereocenters. The first-order valence-electron chi connectivity index (χ1n) is 4.95. The van der Waals surface area contributed by atoms with Crippen LogP contribution in [0.1, 0.15) is 11.4 Å². The Hall–Kier alpha value is -1.89. The maximum absolute atomic E-state index is 11.9. The molecule has 2 N–H and O–H groups in total. The minimum atomic E-state index is -3.61. The molecule has 0 saturated heterocycles. The fourth-order valence-electron chi connectivity index (χ4n) is 1.39. The fourth-order valence-corrected chi connectivity index (χ4v) is 2.42. The molecule has 0 bridgehead atoms. The molecular weight excluding hydrogens is 240 g/mol. The van der Waals surface area contributed by atoms with Crippen molar-refractivity contribution in [3.8, 4) is 0 Å². The summed E-state index contributed by atoms with van der Waals surface area (Å²) in [5, 5.41) is 6.04. The molecule has 2 heterocycles. The summed E-state index contributed by atoms with van der Waals surface area (Å²) in [5.74, 6) is 0. The van der Waals surface area contributed by atoms with Crippen molar-refractivity contribution in [2.45, 2.75) is 18.9 Å². The zero-order valence-corrected chi connectivity index (χ0v) is 10.2. The number of pyridine rings is 1. The summed E-state index contributed by atoms with van der Waals surface area (Å²) in [6.07, 6.45) is 1.38. The lowest BCUT2D eigenvalue weighted by Crippen LogP contribution is -2.14. The molecule has 0 aliphatic rings. The molecule has 0 saturated carbocycles. The monoisotopic (exact) mass is 252 g/mol. The van der Waals surface area contributed by atoms with Gasteiger partial charge in [-0.1, -0.05) is 0 Å². The van der Waals surface area contributed by atoms with Gasteiger partial charge in [0.1, 0.15) is 0 Å². The lowest BCUT2D eigenvalue weighted by Gasteiger charge is -2.08. The van der Waals surface area contributed by atoms with E-state index in [1.165, 1.54) is 12.3 Å². The van der Waals surface area contributed by atoms with Crippen molar-refractivity contribution in [2.24, 2.45) is 0 Å². The van der Waals surface area contributed by atoms with E-state index in [0.29, 0.717) is 11.4 Å². The topological polar surface area (TPSA) is 87.7 Å². The number of sulfonamides is 1. The molecule has 0 aromatic carbocycles. The van der Waals surface area contributed by atoms with Gasteiger partial charge in [0.2, 0.25) is 0 Å². The molecule has 0 spiro atoms. The Kier molecular flexibility index (Phi) is 2.84. The number of hydrogen-bond acceptors (Lipinski definition) is 4. The second kappa shape index (κ2) is 4.17. The van der Waals surface area contributed by atoms with Crippen molar-refractivity contribution in [3.05, 3.63) is 35.8 Å². The highest BCUT2D eigenvalue weighted by atomic mass is 32.2. The summed E-state index contributed by atoms with van der Waals surface area (Å²) in [6, 6.07) is 4.82. The van der Waals surface area contributed by atoms with E-state index in [1.54, 1.807) is 19.1 Å². The van der Waals surface area contributed by atoms with E-state index < -0.39 is 10.0 Å². The molecule has 0 aliphatic carbocycles. The molecule has 6 nitrogen and oxygen atoms in total. The van der Waals surface area contributed by atoms with Crippen molar-refractivity contribution >= 4 is 15.7 Å². The highest BCUT2D eigenvalue weighted by Gasteiger charge is 2.16.